The fourth-order valence-corrected chi connectivity index (χ4v) is 1.56. The van der Waals surface area contributed by atoms with Crippen LogP contribution in [0.25, 0.3) is 0 Å². The van der Waals surface area contributed by atoms with Crippen molar-refractivity contribution < 1.29 is 9.21 Å². The zero-order valence-electron chi connectivity index (χ0n) is 8.20. The van der Waals surface area contributed by atoms with Gasteiger partial charge >= 0.3 is 0 Å². The van der Waals surface area contributed by atoms with Crippen molar-refractivity contribution in [3.05, 3.63) is 22.6 Å². The van der Waals surface area contributed by atoms with Gasteiger partial charge in [-0.3, -0.25) is 4.79 Å². The van der Waals surface area contributed by atoms with Gasteiger partial charge in [-0.15, -0.1) is 0 Å². The number of furan rings is 1. The summed E-state index contributed by atoms with van der Waals surface area (Å²) in [6.07, 6.45) is 0. The molecule has 0 unspecified atom stereocenters. The van der Waals surface area contributed by atoms with E-state index < -0.39 is 0 Å². The van der Waals surface area contributed by atoms with Crippen molar-refractivity contribution >= 4 is 39.0 Å². The molecule has 0 aromatic carbocycles. The van der Waals surface area contributed by atoms with Crippen molar-refractivity contribution in [2.75, 3.05) is 13.1 Å². The van der Waals surface area contributed by atoms with Gasteiger partial charge in [0.25, 0.3) is 5.91 Å². The number of hydrogen-bond donors (Lipinski definition) is 1. The molecule has 1 heterocycles. The summed E-state index contributed by atoms with van der Waals surface area (Å²) in [6.45, 7) is 2.66. The Morgan fingerprint density at radius 3 is 2.73 bits per heavy atom. The number of carbonyl (C=O) groups excluding carboxylic acids is 1. The summed E-state index contributed by atoms with van der Waals surface area (Å²) < 4.78 is 5.68. The maximum absolute atomic E-state index is 11.8. The molecule has 1 aromatic heterocycles. The van der Waals surface area contributed by atoms with Crippen molar-refractivity contribution in [3.63, 3.8) is 0 Å². The highest BCUT2D eigenvalue weighted by Crippen LogP contribution is 2.15. The highest BCUT2D eigenvalue weighted by molar-refractivity contribution is 9.10. The molecule has 0 aliphatic heterocycles. The minimum atomic E-state index is -0.212. The molecule has 1 amide bonds. The molecule has 0 bridgehead atoms. The zero-order valence-corrected chi connectivity index (χ0v) is 10.6. The molecule has 0 aliphatic carbocycles. The second-order valence-electron chi connectivity index (χ2n) is 2.89. The Hall–Kier alpha value is -0.880. The molecule has 4 nitrogen and oxygen atoms in total. The number of likely N-dealkylation sites (N-methyl/N-ethyl adjacent to an activating group) is 1. The number of thiocarbonyl (C=S) groups is 1. The van der Waals surface area contributed by atoms with Crippen molar-refractivity contribution in [1.82, 2.24) is 4.90 Å². The molecule has 1 aromatic rings. The van der Waals surface area contributed by atoms with Gasteiger partial charge in [0.1, 0.15) is 0 Å². The summed E-state index contributed by atoms with van der Waals surface area (Å²) in [5, 5.41) is 0. The smallest absolute Gasteiger partial charge is 0.289 e. The number of nitrogens with zero attached hydrogens (tertiary/aromatic N) is 1. The Morgan fingerprint density at radius 1 is 1.67 bits per heavy atom. The number of carbonyl (C=O) groups is 1. The molecule has 0 saturated heterocycles. The van der Waals surface area contributed by atoms with Crippen LogP contribution in [0.1, 0.15) is 17.5 Å². The van der Waals surface area contributed by atoms with E-state index >= 15 is 0 Å². The Bertz CT molecular complexity index is 378. The van der Waals surface area contributed by atoms with E-state index in [1.165, 1.54) is 4.90 Å². The molecule has 82 valence electrons. The first kappa shape index (κ1) is 12.2. The maximum atomic E-state index is 11.8. The summed E-state index contributed by atoms with van der Waals surface area (Å²) in [5.74, 6) is 0.0657. The predicted octanol–water partition coefficient (Wildman–Crippen LogP) is 1.79. The average Bonchev–Trinajstić information content (AvgIpc) is 2.60. The van der Waals surface area contributed by atoms with Gasteiger partial charge < -0.3 is 15.1 Å². The van der Waals surface area contributed by atoms with Crippen molar-refractivity contribution in [2.45, 2.75) is 6.92 Å². The molecule has 1 rings (SSSR count). The SMILES string of the molecule is CCN(CC(N)=S)C(=O)c1ccc(Br)o1. The molecule has 6 heteroatoms. The first-order chi connectivity index (χ1) is 7.04. The lowest BCUT2D eigenvalue weighted by Gasteiger charge is -2.18. The highest BCUT2D eigenvalue weighted by Gasteiger charge is 2.17. The topological polar surface area (TPSA) is 59.5 Å². The van der Waals surface area contributed by atoms with Gasteiger partial charge in [-0.25, -0.2) is 0 Å². The van der Waals surface area contributed by atoms with Crippen LogP contribution in [0.5, 0.6) is 0 Å². The van der Waals surface area contributed by atoms with Gasteiger partial charge in [-0.1, -0.05) is 12.2 Å². The van der Waals surface area contributed by atoms with E-state index in [2.05, 4.69) is 15.9 Å². The molecule has 0 fully saturated rings. The number of nitrogens with two attached hydrogens (primary N) is 1. The molecule has 0 spiro atoms. The van der Waals surface area contributed by atoms with Crippen LogP contribution in [0.3, 0.4) is 0 Å². The van der Waals surface area contributed by atoms with Gasteiger partial charge in [0, 0.05) is 6.54 Å². The summed E-state index contributed by atoms with van der Waals surface area (Å²) in [4.78, 5) is 13.6. The number of hydrogen-bond acceptors (Lipinski definition) is 3. The zero-order chi connectivity index (χ0) is 11.4. The summed E-state index contributed by atoms with van der Waals surface area (Å²) >= 11 is 7.89. The van der Waals surface area contributed by atoms with Crippen LogP contribution in [-0.4, -0.2) is 28.9 Å². The Balaban J connectivity index is 2.77. The minimum absolute atomic E-state index is 0.212. The lowest BCUT2D eigenvalue weighted by molar-refractivity contribution is 0.0755. The fraction of sp³-hybridized carbons (Fsp3) is 0.333. The monoisotopic (exact) mass is 290 g/mol. The third kappa shape index (κ3) is 3.32. The fourth-order valence-electron chi connectivity index (χ4n) is 1.10. The van der Waals surface area contributed by atoms with Crippen LogP contribution in [0.4, 0.5) is 0 Å². The van der Waals surface area contributed by atoms with Gasteiger partial charge in [0.15, 0.2) is 10.4 Å². The van der Waals surface area contributed by atoms with E-state index in [-0.39, 0.29) is 23.2 Å². The molecular formula is C9H11BrN2O2S. The van der Waals surface area contributed by atoms with Gasteiger partial charge in [0.05, 0.1) is 11.5 Å². The van der Waals surface area contributed by atoms with Gasteiger partial charge in [0.2, 0.25) is 0 Å². The van der Waals surface area contributed by atoms with Crippen molar-refractivity contribution in [3.8, 4) is 0 Å². The second-order valence-corrected chi connectivity index (χ2v) is 4.20. The summed E-state index contributed by atoms with van der Waals surface area (Å²) in [5.41, 5.74) is 5.39. The van der Waals surface area contributed by atoms with Crippen LogP contribution in [0.15, 0.2) is 21.2 Å². The van der Waals surface area contributed by atoms with Crippen LogP contribution in [-0.2, 0) is 0 Å². The molecule has 0 atom stereocenters. The number of halogens is 1. The van der Waals surface area contributed by atoms with E-state index in [0.29, 0.717) is 11.2 Å². The summed E-state index contributed by atoms with van der Waals surface area (Å²) in [6, 6.07) is 3.27. The molecule has 2 N–H and O–H groups in total. The van der Waals surface area contributed by atoms with Crippen LogP contribution < -0.4 is 5.73 Å². The third-order valence-corrected chi connectivity index (χ3v) is 2.35. The molecule has 15 heavy (non-hydrogen) atoms. The molecule has 0 aliphatic rings. The van der Waals surface area contributed by atoms with Crippen LogP contribution in [0.2, 0.25) is 0 Å². The molecular weight excluding hydrogens is 280 g/mol. The first-order valence-corrected chi connectivity index (χ1v) is 5.57. The molecule has 0 radical (unpaired) electrons. The van der Waals surface area contributed by atoms with E-state index in [9.17, 15) is 4.79 Å². The second kappa shape index (κ2) is 5.27. The van der Waals surface area contributed by atoms with E-state index in [0.717, 1.165) is 0 Å². The largest absolute Gasteiger partial charge is 0.444 e. The quantitative estimate of drug-likeness (QED) is 0.859. The maximum Gasteiger partial charge on any atom is 0.289 e. The number of amides is 1. The summed E-state index contributed by atoms with van der Waals surface area (Å²) in [7, 11) is 0. The normalized spacial score (nSPS) is 10.0. The average molecular weight is 291 g/mol. The minimum Gasteiger partial charge on any atom is -0.444 e. The Labute approximate surface area is 102 Å². The molecule has 0 saturated carbocycles. The van der Waals surface area contributed by atoms with Gasteiger partial charge in [-0.05, 0) is 35.0 Å². The Morgan fingerprint density at radius 2 is 2.33 bits per heavy atom. The standard InChI is InChI=1S/C9H11BrN2O2S/c1-2-12(5-8(11)15)9(13)6-3-4-7(10)14-6/h3-4H,2,5H2,1H3,(H2,11,15). The van der Waals surface area contributed by atoms with E-state index in [4.69, 9.17) is 22.4 Å². The van der Waals surface area contributed by atoms with Crippen molar-refractivity contribution in [1.29, 1.82) is 0 Å². The number of rotatable bonds is 4. The van der Waals surface area contributed by atoms with Crippen LogP contribution >= 0.6 is 28.1 Å². The third-order valence-electron chi connectivity index (χ3n) is 1.80. The Kier molecular flexibility index (Phi) is 4.28. The van der Waals surface area contributed by atoms with E-state index in [1.54, 1.807) is 12.1 Å². The van der Waals surface area contributed by atoms with Gasteiger partial charge in [-0.2, -0.15) is 0 Å². The van der Waals surface area contributed by atoms with Crippen LogP contribution in [0, 0.1) is 0 Å². The first-order valence-electron chi connectivity index (χ1n) is 4.37. The predicted molar refractivity (Wildman–Crippen MR) is 64.8 cm³/mol. The lowest BCUT2D eigenvalue weighted by Crippen LogP contribution is -2.37. The van der Waals surface area contributed by atoms with E-state index in [1.807, 2.05) is 6.92 Å². The highest BCUT2D eigenvalue weighted by atomic mass is 79.9. The van der Waals surface area contributed by atoms with Crippen molar-refractivity contribution in [2.24, 2.45) is 5.73 Å². The lowest BCUT2D eigenvalue weighted by atomic mass is 10.3.